The molecule has 32 heavy (non-hydrogen) atoms. The lowest BCUT2D eigenvalue weighted by atomic mass is 9.51. The summed E-state index contributed by atoms with van der Waals surface area (Å²) in [6.07, 6.45) is 8.22. The van der Waals surface area contributed by atoms with Gasteiger partial charge in [0.05, 0.1) is 0 Å². The van der Waals surface area contributed by atoms with Gasteiger partial charge in [-0.1, -0.05) is 30.6 Å². The highest BCUT2D eigenvalue weighted by atomic mass is 16.3. The molecule has 0 spiro atoms. The van der Waals surface area contributed by atoms with E-state index < -0.39 is 5.60 Å². The zero-order chi connectivity index (χ0) is 22.7. The van der Waals surface area contributed by atoms with E-state index in [1.54, 1.807) is 5.57 Å². The zero-order valence-corrected chi connectivity index (χ0v) is 19.9. The molecule has 0 saturated heterocycles. The standard InChI is InChI=1S/C29H35NO2/c1-5-14-29(32)15-13-26-24-11-9-20-17-22(31)10-12-23(20)27(24)25(18-28(26,29)2)19-7-6-8-21(16-19)30(3)4/h6-8,16-17,24-26,32H,9-13,15,18H2,1-4H3/t24-,25+,26-,28+,29+/m1/s1. The van der Waals surface area contributed by atoms with Crippen molar-refractivity contribution in [3.63, 3.8) is 0 Å². The summed E-state index contributed by atoms with van der Waals surface area (Å²) in [5, 5.41) is 11.8. The first kappa shape index (κ1) is 21.5. The zero-order valence-electron chi connectivity index (χ0n) is 19.9. The molecule has 2 saturated carbocycles. The molecular weight excluding hydrogens is 394 g/mol. The van der Waals surface area contributed by atoms with Gasteiger partial charge in [0.15, 0.2) is 5.78 Å². The Morgan fingerprint density at radius 3 is 2.72 bits per heavy atom. The van der Waals surface area contributed by atoms with E-state index in [9.17, 15) is 9.90 Å². The number of anilines is 1. The smallest absolute Gasteiger partial charge is 0.156 e. The van der Waals surface area contributed by atoms with Crippen LogP contribution in [0, 0.1) is 29.1 Å². The fourth-order valence-electron chi connectivity index (χ4n) is 7.40. The van der Waals surface area contributed by atoms with Gasteiger partial charge < -0.3 is 10.0 Å². The second-order valence-electron chi connectivity index (χ2n) is 10.8. The van der Waals surface area contributed by atoms with Crippen molar-refractivity contribution in [1.82, 2.24) is 0 Å². The van der Waals surface area contributed by atoms with Gasteiger partial charge >= 0.3 is 0 Å². The number of ketones is 1. The lowest BCUT2D eigenvalue weighted by Gasteiger charge is -2.53. The Hall–Kier alpha value is -2.31. The number of rotatable bonds is 2. The van der Waals surface area contributed by atoms with Crippen molar-refractivity contribution in [2.24, 2.45) is 17.3 Å². The number of hydrogen-bond donors (Lipinski definition) is 1. The molecule has 3 nitrogen and oxygen atoms in total. The molecule has 3 heteroatoms. The fraction of sp³-hybridized carbons (Fsp3) is 0.552. The number of nitrogens with zero attached hydrogens (tertiary/aromatic N) is 1. The summed E-state index contributed by atoms with van der Waals surface area (Å²) in [5.41, 5.74) is 5.71. The second-order valence-corrected chi connectivity index (χ2v) is 10.8. The predicted molar refractivity (Wildman–Crippen MR) is 129 cm³/mol. The van der Waals surface area contributed by atoms with Crippen molar-refractivity contribution in [3.8, 4) is 11.8 Å². The normalized spacial score (nSPS) is 35.8. The molecule has 5 atom stereocenters. The molecule has 2 fully saturated rings. The quantitative estimate of drug-likeness (QED) is 0.640. The molecule has 1 aromatic carbocycles. The Labute approximate surface area is 192 Å². The second kappa shape index (κ2) is 7.63. The number of carbonyl (C=O) groups is 1. The Morgan fingerprint density at radius 2 is 1.97 bits per heavy atom. The van der Waals surface area contributed by atoms with Crippen molar-refractivity contribution in [3.05, 3.63) is 52.6 Å². The van der Waals surface area contributed by atoms with Crippen molar-refractivity contribution in [1.29, 1.82) is 0 Å². The van der Waals surface area contributed by atoms with E-state index in [0.717, 1.165) is 38.5 Å². The summed E-state index contributed by atoms with van der Waals surface area (Å²) in [5.74, 6) is 7.75. The average Bonchev–Trinajstić information content (AvgIpc) is 3.03. The molecule has 0 amide bonds. The van der Waals surface area contributed by atoms with E-state index >= 15 is 0 Å². The lowest BCUT2D eigenvalue weighted by molar-refractivity contribution is -0.114. The van der Waals surface area contributed by atoms with Crippen LogP contribution in [0.4, 0.5) is 5.69 Å². The summed E-state index contributed by atoms with van der Waals surface area (Å²) >= 11 is 0. The molecule has 4 aliphatic carbocycles. The van der Waals surface area contributed by atoms with Gasteiger partial charge in [-0.2, -0.15) is 0 Å². The van der Waals surface area contributed by atoms with E-state index in [0.29, 0.717) is 18.3 Å². The Kier molecular flexibility index (Phi) is 5.13. The summed E-state index contributed by atoms with van der Waals surface area (Å²) < 4.78 is 0. The van der Waals surface area contributed by atoms with Gasteiger partial charge in [0.25, 0.3) is 0 Å². The van der Waals surface area contributed by atoms with Gasteiger partial charge in [0, 0.05) is 37.5 Å². The highest BCUT2D eigenvalue weighted by Gasteiger charge is 2.62. The Bertz CT molecular complexity index is 1080. The number of aliphatic hydroxyl groups is 1. The van der Waals surface area contributed by atoms with Crippen LogP contribution in [0.1, 0.15) is 70.3 Å². The average molecular weight is 430 g/mol. The summed E-state index contributed by atoms with van der Waals surface area (Å²) in [6, 6.07) is 8.91. The van der Waals surface area contributed by atoms with Crippen molar-refractivity contribution >= 4 is 11.5 Å². The minimum Gasteiger partial charge on any atom is -0.378 e. The van der Waals surface area contributed by atoms with Gasteiger partial charge in [-0.3, -0.25) is 4.79 Å². The molecule has 0 aromatic heterocycles. The maximum atomic E-state index is 12.2. The van der Waals surface area contributed by atoms with Crippen LogP contribution in [0.5, 0.6) is 0 Å². The first-order valence-corrected chi connectivity index (χ1v) is 12.2. The van der Waals surface area contributed by atoms with Crippen LogP contribution in [-0.2, 0) is 4.79 Å². The van der Waals surface area contributed by atoms with Gasteiger partial charge in [-0.25, -0.2) is 0 Å². The summed E-state index contributed by atoms with van der Waals surface area (Å²) in [7, 11) is 4.17. The number of carbonyl (C=O) groups excluding carboxylic acids is 1. The topological polar surface area (TPSA) is 40.5 Å². The molecule has 5 rings (SSSR count). The fourth-order valence-corrected chi connectivity index (χ4v) is 7.40. The molecular formula is C29H35NO2. The first-order chi connectivity index (χ1) is 15.3. The number of fused-ring (bicyclic) bond motifs is 4. The van der Waals surface area contributed by atoms with Gasteiger partial charge in [-0.05, 0) is 92.2 Å². The van der Waals surface area contributed by atoms with Gasteiger partial charge in [-0.15, -0.1) is 5.92 Å². The maximum absolute atomic E-state index is 12.2. The lowest BCUT2D eigenvalue weighted by Crippen LogP contribution is -2.51. The third-order valence-corrected chi connectivity index (χ3v) is 9.01. The van der Waals surface area contributed by atoms with Gasteiger partial charge in [0.1, 0.15) is 5.60 Å². The van der Waals surface area contributed by atoms with Crippen LogP contribution >= 0.6 is 0 Å². The van der Waals surface area contributed by atoms with Crippen LogP contribution in [0.2, 0.25) is 0 Å². The van der Waals surface area contributed by atoms with E-state index in [1.807, 2.05) is 13.0 Å². The van der Waals surface area contributed by atoms with Crippen LogP contribution in [-0.4, -0.2) is 30.6 Å². The molecule has 0 heterocycles. The van der Waals surface area contributed by atoms with E-state index in [2.05, 4.69) is 62.0 Å². The minimum atomic E-state index is -0.918. The largest absolute Gasteiger partial charge is 0.378 e. The summed E-state index contributed by atoms with van der Waals surface area (Å²) in [4.78, 5) is 14.3. The summed E-state index contributed by atoms with van der Waals surface area (Å²) in [6.45, 7) is 4.15. The molecule has 0 aliphatic heterocycles. The van der Waals surface area contributed by atoms with Crippen LogP contribution in [0.25, 0.3) is 0 Å². The third-order valence-electron chi connectivity index (χ3n) is 9.01. The monoisotopic (exact) mass is 429 g/mol. The highest BCUT2D eigenvalue weighted by molar-refractivity contribution is 5.93. The highest BCUT2D eigenvalue weighted by Crippen LogP contribution is 2.66. The number of allylic oxidation sites excluding steroid dienone is 4. The molecule has 1 aromatic rings. The molecule has 4 aliphatic rings. The third kappa shape index (κ3) is 3.11. The van der Waals surface area contributed by atoms with E-state index in [-0.39, 0.29) is 17.1 Å². The van der Waals surface area contributed by atoms with Crippen LogP contribution in [0.3, 0.4) is 0 Å². The number of benzene rings is 1. The van der Waals surface area contributed by atoms with Crippen molar-refractivity contribution < 1.29 is 9.90 Å². The molecule has 0 radical (unpaired) electrons. The van der Waals surface area contributed by atoms with Crippen molar-refractivity contribution in [2.45, 2.75) is 70.3 Å². The molecule has 1 N–H and O–H groups in total. The number of hydrogen-bond acceptors (Lipinski definition) is 3. The molecule has 168 valence electrons. The predicted octanol–water partition coefficient (Wildman–Crippen LogP) is 5.41. The Balaban J connectivity index is 1.70. The maximum Gasteiger partial charge on any atom is 0.156 e. The van der Waals surface area contributed by atoms with Crippen LogP contribution < -0.4 is 4.90 Å². The van der Waals surface area contributed by atoms with Gasteiger partial charge in [0.2, 0.25) is 0 Å². The minimum absolute atomic E-state index is 0.227. The van der Waals surface area contributed by atoms with E-state index in [1.165, 1.54) is 22.4 Å². The van der Waals surface area contributed by atoms with E-state index in [4.69, 9.17) is 0 Å². The molecule has 0 bridgehead atoms. The molecule has 0 unspecified atom stereocenters. The first-order valence-electron chi connectivity index (χ1n) is 12.2. The van der Waals surface area contributed by atoms with Crippen LogP contribution in [0.15, 0.2) is 47.1 Å². The van der Waals surface area contributed by atoms with Crippen molar-refractivity contribution in [2.75, 3.05) is 19.0 Å². The Morgan fingerprint density at radius 1 is 1.16 bits per heavy atom. The SMILES string of the molecule is CC#C[C@]1(O)CC[C@@H]2[C@H]3CCC4=CC(=O)CCC4=C3[C@H](c3cccc(N(C)C)c3)C[C@@]21C.